The summed E-state index contributed by atoms with van der Waals surface area (Å²) < 4.78 is 86.6. The molecule has 0 aliphatic rings. The molecule has 0 spiro atoms. The van der Waals surface area contributed by atoms with Gasteiger partial charge in [0.25, 0.3) is 0 Å². The summed E-state index contributed by atoms with van der Waals surface area (Å²) in [5, 5.41) is 0. The average Bonchev–Trinajstić information content (AvgIpc) is 2.17. The van der Waals surface area contributed by atoms with Crippen molar-refractivity contribution in [3.05, 3.63) is 29.6 Å². The number of ketones is 1. The maximum Gasteiger partial charge on any atom is 0.407 e. The zero-order valence-corrected chi connectivity index (χ0v) is 8.94. The third-order valence-corrected chi connectivity index (χ3v) is 2.20. The zero-order chi connectivity index (χ0) is 15.0. The van der Waals surface area contributed by atoms with Crippen LogP contribution in [0, 0.1) is 11.7 Å². The van der Waals surface area contributed by atoms with Crippen molar-refractivity contribution in [1.82, 2.24) is 0 Å². The molecule has 2 nitrogen and oxygen atoms in total. The normalized spacial score (nSPS) is 12.8. The van der Waals surface area contributed by atoms with Gasteiger partial charge in [0.05, 0.1) is 5.69 Å². The number of carbonyl (C=O) groups is 1. The first-order valence-corrected chi connectivity index (χ1v) is 4.67. The van der Waals surface area contributed by atoms with Crippen LogP contribution in [0.5, 0.6) is 0 Å². The maximum atomic E-state index is 13.0. The average molecular weight is 289 g/mol. The van der Waals surface area contributed by atoms with Crippen molar-refractivity contribution in [2.24, 2.45) is 5.92 Å². The molecule has 9 heteroatoms. The number of rotatable bonds is 2. The van der Waals surface area contributed by atoms with E-state index in [2.05, 4.69) is 0 Å². The first kappa shape index (κ1) is 15.3. The highest BCUT2D eigenvalue weighted by atomic mass is 19.4. The van der Waals surface area contributed by atoms with Crippen molar-refractivity contribution in [1.29, 1.82) is 0 Å². The number of alkyl halides is 6. The van der Waals surface area contributed by atoms with E-state index in [0.29, 0.717) is 12.1 Å². The fraction of sp³-hybridized carbons (Fsp3) is 0.300. The van der Waals surface area contributed by atoms with E-state index in [1.54, 1.807) is 0 Å². The lowest BCUT2D eigenvalue weighted by atomic mass is 9.96. The second kappa shape index (κ2) is 4.71. The largest absolute Gasteiger partial charge is 0.407 e. The zero-order valence-electron chi connectivity index (χ0n) is 8.94. The van der Waals surface area contributed by atoms with Crippen molar-refractivity contribution in [2.45, 2.75) is 12.4 Å². The molecule has 0 aliphatic carbocycles. The van der Waals surface area contributed by atoms with Crippen molar-refractivity contribution in [2.75, 3.05) is 5.73 Å². The van der Waals surface area contributed by atoms with E-state index in [1.807, 2.05) is 0 Å². The molecule has 0 radical (unpaired) electrons. The van der Waals surface area contributed by atoms with Crippen LogP contribution in [0.4, 0.5) is 36.4 Å². The van der Waals surface area contributed by atoms with Crippen LogP contribution in [0.3, 0.4) is 0 Å². The van der Waals surface area contributed by atoms with Gasteiger partial charge in [-0.15, -0.1) is 0 Å². The predicted octanol–water partition coefficient (Wildman–Crippen LogP) is 3.33. The van der Waals surface area contributed by atoms with Gasteiger partial charge in [0.1, 0.15) is 5.82 Å². The molecule has 0 saturated heterocycles. The van der Waals surface area contributed by atoms with E-state index in [4.69, 9.17) is 5.73 Å². The Labute approximate surface area is 102 Å². The Balaban J connectivity index is 3.24. The molecular formula is C10H6F7NO. The van der Waals surface area contributed by atoms with Gasteiger partial charge >= 0.3 is 12.4 Å². The summed E-state index contributed by atoms with van der Waals surface area (Å²) in [5.74, 6) is -7.74. The first-order valence-electron chi connectivity index (χ1n) is 4.67. The summed E-state index contributed by atoms with van der Waals surface area (Å²) in [6, 6.07) is 1.56. The quantitative estimate of drug-likeness (QED) is 0.515. The monoisotopic (exact) mass is 289 g/mol. The van der Waals surface area contributed by atoms with Crippen LogP contribution in [-0.2, 0) is 0 Å². The van der Waals surface area contributed by atoms with Crippen LogP contribution in [0.1, 0.15) is 10.4 Å². The van der Waals surface area contributed by atoms with Crippen molar-refractivity contribution >= 4 is 11.5 Å². The van der Waals surface area contributed by atoms with Crippen molar-refractivity contribution in [3.8, 4) is 0 Å². The lowest BCUT2D eigenvalue weighted by Gasteiger charge is -2.21. The number of nitrogens with two attached hydrogens (primary N) is 1. The smallest absolute Gasteiger partial charge is 0.396 e. The predicted molar refractivity (Wildman–Crippen MR) is 50.7 cm³/mol. The standard InChI is InChI=1S/C10H6F7NO/c11-5-3-4(1-2-6(5)18)7(19)8(9(12,13)14)10(15,16)17/h1-3,8H,18H2. The highest BCUT2D eigenvalue weighted by Gasteiger charge is 2.60. The molecule has 1 aromatic rings. The second-order valence-corrected chi connectivity index (χ2v) is 3.62. The summed E-state index contributed by atoms with van der Waals surface area (Å²) in [4.78, 5) is 11.3. The van der Waals surface area contributed by atoms with Gasteiger partial charge in [-0.1, -0.05) is 0 Å². The van der Waals surface area contributed by atoms with Gasteiger partial charge in [-0.05, 0) is 18.2 Å². The molecule has 1 aromatic carbocycles. The van der Waals surface area contributed by atoms with Gasteiger partial charge < -0.3 is 5.73 Å². The molecule has 0 fully saturated rings. The van der Waals surface area contributed by atoms with Gasteiger partial charge in [0.2, 0.25) is 5.92 Å². The Kier molecular flexibility index (Phi) is 3.78. The van der Waals surface area contributed by atoms with Crippen LogP contribution in [0.2, 0.25) is 0 Å². The summed E-state index contributed by atoms with van der Waals surface area (Å²) in [5.41, 5.74) is 3.46. The van der Waals surface area contributed by atoms with Gasteiger partial charge in [-0.3, -0.25) is 4.79 Å². The lowest BCUT2D eigenvalue weighted by molar-refractivity contribution is -0.264. The highest BCUT2D eigenvalue weighted by Crippen LogP contribution is 2.41. The Morgan fingerprint density at radius 1 is 1.05 bits per heavy atom. The number of benzene rings is 1. The van der Waals surface area contributed by atoms with E-state index in [0.717, 1.165) is 0 Å². The number of halogens is 7. The third-order valence-electron chi connectivity index (χ3n) is 2.20. The lowest BCUT2D eigenvalue weighted by Crippen LogP contribution is -2.42. The minimum absolute atomic E-state index is 0.238. The Morgan fingerprint density at radius 2 is 1.53 bits per heavy atom. The molecule has 2 N–H and O–H groups in total. The van der Waals surface area contributed by atoms with Crippen molar-refractivity contribution < 1.29 is 35.5 Å². The number of Topliss-reactive ketones (excluding diaryl/α,β-unsaturated/α-hetero) is 1. The van der Waals surface area contributed by atoms with Gasteiger partial charge in [-0.25, -0.2) is 4.39 Å². The molecule has 0 bridgehead atoms. The van der Waals surface area contributed by atoms with Gasteiger partial charge in [0, 0.05) is 5.56 Å². The maximum absolute atomic E-state index is 13.0. The second-order valence-electron chi connectivity index (χ2n) is 3.62. The highest BCUT2D eigenvalue weighted by molar-refractivity contribution is 5.99. The van der Waals surface area contributed by atoms with E-state index in [1.165, 1.54) is 0 Å². The minimum Gasteiger partial charge on any atom is -0.396 e. The fourth-order valence-corrected chi connectivity index (χ4v) is 1.33. The Morgan fingerprint density at radius 3 is 1.89 bits per heavy atom. The molecule has 19 heavy (non-hydrogen) atoms. The molecule has 0 amide bonds. The molecule has 0 unspecified atom stereocenters. The van der Waals surface area contributed by atoms with Gasteiger partial charge in [-0.2, -0.15) is 26.3 Å². The molecule has 0 saturated carbocycles. The molecular weight excluding hydrogens is 283 g/mol. The summed E-state index contributed by atoms with van der Waals surface area (Å²) in [6.07, 6.45) is -11.6. The summed E-state index contributed by atoms with van der Waals surface area (Å²) in [7, 11) is 0. The first-order chi connectivity index (χ1) is 8.44. The van der Waals surface area contributed by atoms with E-state index in [-0.39, 0.29) is 6.07 Å². The molecule has 0 aliphatic heterocycles. The number of nitrogen functional groups attached to an aromatic ring is 1. The fourth-order valence-electron chi connectivity index (χ4n) is 1.33. The Bertz CT molecular complexity index is 478. The topological polar surface area (TPSA) is 43.1 Å². The summed E-state index contributed by atoms with van der Waals surface area (Å²) in [6.45, 7) is 0. The molecule has 0 atom stereocenters. The SMILES string of the molecule is Nc1ccc(C(=O)C(C(F)(F)F)C(F)(F)F)cc1F. The van der Waals surface area contributed by atoms with E-state index in [9.17, 15) is 35.5 Å². The molecule has 106 valence electrons. The molecule has 0 aromatic heterocycles. The Hall–Kier alpha value is -1.80. The summed E-state index contributed by atoms with van der Waals surface area (Å²) >= 11 is 0. The van der Waals surface area contributed by atoms with Crippen molar-refractivity contribution in [3.63, 3.8) is 0 Å². The van der Waals surface area contributed by atoms with Crippen LogP contribution in [0.15, 0.2) is 18.2 Å². The van der Waals surface area contributed by atoms with E-state index >= 15 is 0 Å². The van der Waals surface area contributed by atoms with Crippen LogP contribution >= 0.6 is 0 Å². The number of hydrogen-bond acceptors (Lipinski definition) is 2. The van der Waals surface area contributed by atoms with Crippen LogP contribution in [-0.4, -0.2) is 18.1 Å². The number of hydrogen-bond donors (Lipinski definition) is 1. The van der Waals surface area contributed by atoms with Crippen LogP contribution in [0.25, 0.3) is 0 Å². The van der Waals surface area contributed by atoms with E-state index < -0.39 is 41.1 Å². The number of anilines is 1. The third kappa shape index (κ3) is 3.36. The molecule has 1 rings (SSSR count). The number of carbonyl (C=O) groups excluding carboxylic acids is 1. The minimum atomic E-state index is -5.81. The van der Waals surface area contributed by atoms with Gasteiger partial charge in [0.15, 0.2) is 5.78 Å². The molecule has 0 heterocycles. The van der Waals surface area contributed by atoms with Crippen LogP contribution < -0.4 is 5.73 Å².